The summed E-state index contributed by atoms with van der Waals surface area (Å²) < 4.78 is 51.2. The number of nitrogens with one attached hydrogen (secondary N) is 2. The van der Waals surface area contributed by atoms with E-state index in [9.17, 15) is 17.6 Å². The number of alkyl halides is 3. The highest BCUT2D eigenvalue weighted by molar-refractivity contribution is 14.0. The molecule has 0 spiro atoms. The second-order valence-electron chi connectivity index (χ2n) is 5.39. The van der Waals surface area contributed by atoms with E-state index in [1.165, 1.54) is 6.07 Å². The van der Waals surface area contributed by atoms with Gasteiger partial charge in [-0.25, -0.2) is 14.4 Å². The van der Waals surface area contributed by atoms with E-state index >= 15 is 0 Å². The van der Waals surface area contributed by atoms with Crippen molar-refractivity contribution in [1.29, 1.82) is 0 Å². The zero-order valence-electron chi connectivity index (χ0n) is 15.1. The number of guanidine groups is 1. The third-order valence-corrected chi connectivity index (χ3v) is 5.15. The normalized spacial score (nSPS) is 11.8. The topological polar surface area (TPSA) is 49.3 Å². The van der Waals surface area contributed by atoms with E-state index in [0.717, 1.165) is 22.5 Å². The molecule has 0 saturated heterocycles. The van der Waals surface area contributed by atoms with Crippen LogP contribution in [0.15, 0.2) is 34.6 Å². The molecule has 11 heteroatoms. The summed E-state index contributed by atoms with van der Waals surface area (Å²) in [6.07, 6.45) is -4.43. The quantitative estimate of drug-likeness (QED) is 0.162. The summed E-state index contributed by atoms with van der Waals surface area (Å²) in [5.74, 6) is 1.59. The first-order valence-corrected chi connectivity index (χ1v) is 10.3. The van der Waals surface area contributed by atoms with Gasteiger partial charge in [0, 0.05) is 30.0 Å². The number of hydrogen-bond acceptors (Lipinski definition) is 4. The van der Waals surface area contributed by atoms with Gasteiger partial charge in [0.25, 0.3) is 0 Å². The zero-order valence-corrected chi connectivity index (χ0v) is 19.0. The SMILES string of the molecule is CCNC(=NCc1nc(C(F)(F)F)cs1)NCCSCc1ccccc1F.I. The molecule has 0 amide bonds. The van der Waals surface area contributed by atoms with Crippen molar-refractivity contribution in [2.24, 2.45) is 4.99 Å². The first-order chi connectivity index (χ1) is 12.9. The van der Waals surface area contributed by atoms with Gasteiger partial charge >= 0.3 is 6.18 Å². The van der Waals surface area contributed by atoms with Crippen LogP contribution in [0, 0.1) is 5.82 Å². The Morgan fingerprint density at radius 2 is 2.00 bits per heavy atom. The number of thioether (sulfide) groups is 1. The molecule has 2 rings (SSSR count). The number of hydrogen-bond donors (Lipinski definition) is 2. The lowest BCUT2D eigenvalue weighted by molar-refractivity contribution is -0.140. The van der Waals surface area contributed by atoms with Gasteiger partial charge in [-0.3, -0.25) is 0 Å². The summed E-state index contributed by atoms with van der Waals surface area (Å²) in [4.78, 5) is 7.81. The lowest BCUT2D eigenvalue weighted by Crippen LogP contribution is -2.38. The Bertz CT molecular complexity index is 753. The van der Waals surface area contributed by atoms with Crippen LogP contribution in [0.25, 0.3) is 0 Å². The smallest absolute Gasteiger partial charge is 0.357 e. The lowest BCUT2D eigenvalue weighted by atomic mass is 10.2. The van der Waals surface area contributed by atoms with Gasteiger partial charge in [0.2, 0.25) is 0 Å². The van der Waals surface area contributed by atoms with Gasteiger partial charge in [0.15, 0.2) is 11.7 Å². The number of aromatic nitrogens is 1. The fourth-order valence-corrected chi connectivity index (χ4v) is 3.61. The lowest BCUT2D eigenvalue weighted by Gasteiger charge is -2.11. The highest BCUT2D eigenvalue weighted by atomic mass is 127. The minimum Gasteiger partial charge on any atom is -0.357 e. The standard InChI is InChI=1S/C17H20F4N4S2.HI/c1-2-22-16(24-9-15-25-14(11-27-15)17(19,20)21)23-7-8-26-10-12-5-3-4-6-13(12)18;/h3-6,11H,2,7-10H2,1H3,(H2,22,23,24);1H. The van der Waals surface area contributed by atoms with Crippen LogP contribution < -0.4 is 10.6 Å². The van der Waals surface area contributed by atoms with E-state index in [1.54, 1.807) is 30.0 Å². The molecule has 0 aliphatic carbocycles. The zero-order chi connectivity index (χ0) is 19.7. The minimum absolute atomic E-state index is 0. The number of aliphatic imine (C=N–C) groups is 1. The highest BCUT2D eigenvalue weighted by Crippen LogP contribution is 2.30. The van der Waals surface area contributed by atoms with E-state index in [1.807, 2.05) is 6.92 Å². The molecule has 28 heavy (non-hydrogen) atoms. The Morgan fingerprint density at radius 3 is 2.64 bits per heavy atom. The second-order valence-corrected chi connectivity index (χ2v) is 7.44. The number of halogens is 5. The van der Waals surface area contributed by atoms with Gasteiger partial charge < -0.3 is 10.6 Å². The van der Waals surface area contributed by atoms with Crippen LogP contribution in [0.3, 0.4) is 0 Å². The number of rotatable bonds is 8. The fourth-order valence-electron chi connectivity index (χ4n) is 2.04. The van der Waals surface area contributed by atoms with Gasteiger partial charge in [-0.1, -0.05) is 18.2 Å². The van der Waals surface area contributed by atoms with Crippen molar-refractivity contribution in [2.75, 3.05) is 18.8 Å². The Kier molecular flexibility index (Phi) is 11.1. The summed E-state index contributed by atoms with van der Waals surface area (Å²) in [5, 5.41) is 7.43. The van der Waals surface area contributed by atoms with E-state index in [2.05, 4.69) is 20.6 Å². The van der Waals surface area contributed by atoms with Crippen LogP contribution in [-0.2, 0) is 18.5 Å². The monoisotopic (exact) mass is 548 g/mol. The van der Waals surface area contributed by atoms with Crippen LogP contribution in [0.2, 0.25) is 0 Å². The van der Waals surface area contributed by atoms with Crippen molar-refractivity contribution in [1.82, 2.24) is 15.6 Å². The average Bonchev–Trinajstić information content (AvgIpc) is 3.10. The molecule has 156 valence electrons. The molecule has 1 aromatic heterocycles. The molecule has 1 aromatic carbocycles. The summed E-state index contributed by atoms with van der Waals surface area (Å²) in [5.41, 5.74) is -0.229. The van der Waals surface area contributed by atoms with Crippen molar-refractivity contribution >= 4 is 53.0 Å². The van der Waals surface area contributed by atoms with Crippen molar-refractivity contribution < 1.29 is 17.6 Å². The highest BCUT2D eigenvalue weighted by Gasteiger charge is 2.33. The second kappa shape index (κ2) is 12.5. The summed E-state index contributed by atoms with van der Waals surface area (Å²) in [6.45, 7) is 3.18. The van der Waals surface area contributed by atoms with Crippen molar-refractivity contribution in [3.05, 3.63) is 51.7 Å². The van der Waals surface area contributed by atoms with E-state index in [4.69, 9.17) is 0 Å². The Labute approximate surface area is 186 Å². The van der Waals surface area contributed by atoms with Gasteiger partial charge in [0.05, 0.1) is 6.54 Å². The van der Waals surface area contributed by atoms with Crippen LogP contribution in [-0.4, -0.2) is 29.8 Å². The average molecular weight is 548 g/mol. The molecule has 0 fully saturated rings. The predicted molar refractivity (Wildman–Crippen MR) is 118 cm³/mol. The summed E-state index contributed by atoms with van der Waals surface area (Å²) in [7, 11) is 0. The number of benzene rings is 1. The minimum atomic E-state index is -4.43. The van der Waals surface area contributed by atoms with E-state index < -0.39 is 11.9 Å². The van der Waals surface area contributed by atoms with E-state index in [-0.39, 0.29) is 36.3 Å². The third-order valence-electron chi connectivity index (χ3n) is 3.31. The summed E-state index contributed by atoms with van der Waals surface area (Å²) >= 11 is 2.51. The molecule has 1 heterocycles. The maximum absolute atomic E-state index is 13.5. The van der Waals surface area contributed by atoms with Crippen LogP contribution in [0.4, 0.5) is 17.6 Å². The Balaban J connectivity index is 0.00000392. The molecule has 0 aliphatic heterocycles. The van der Waals surface area contributed by atoms with Crippen molar-refractivity contribution in [3.8, 4) is 0 Å². The van der Waals surface area contributed by atoms with Crippen LogP contribution in [0.1, 0.15) is 23.2 Å². The molecule has 0 atom stereocenters. The van der Waals surface area contributed by atoms with Crippen molar-refractivity contribution in [3.63, 3.8) is 0 Å². The first-order valence-electron chi connectivity index (χ1n) is 8.25. The molecule has 0 radical (unpaired) electrons. The van der Waals surface area contributed by atoms with Gasteiger partial charge in [-0.2, -0.15) is 24.9 Å². The third kappa shape index (κ3) is 8.52. The molecular formula is C17H21F4IN4S2. The van der Waals surface area contributed by atoms with Gasteiger partial charge in [-0.05, 0) is 18.6 Å². The Morgan fingerprint density at radius 1 is 1.25 bits per heavy atom. The van der Waals surface area contributed by atoms with Crippen LogP contribution in [0.5, 0.6) is 0 Å². The number of nitrogens with zero attached hydrogens (tertiary/aromatic N) is 2. The molecule has 2 N–H and O–H groups in total. The summed E-state index contributed by atoms with van der Waals surface area (Å²) in [6, 6.07) is 6.65. The maximum Gasteiger partial charge on any atom is 0.434 e. The molecule has 0 bridgehead atoms. The molecule has 0 aliphatic rings. The van der Waals surface area contributed by atoms with Crippen molar-refractivity contribution in [2.45, 2.75) is 25.4 Å². The predicted octanol–water partition coefficient (Wildman–Crippen LogP) is 4.91. The maximum atomic E-state index is 13.5. The molecular weight excluding hydrogens is 527 g/mol. The molecule has 0 unspecified atom stereocenters. The number of thiazole rings is 1. The van der Waals surface area contributed by atoms with Gasteiger partial charge in [0.1, 0.15) is 10.8 Å². The first kappa shape index (κ1) is 25.0. The fraction of sp³-hybridized carbons (Fsp3) is 0.412. The van der Waals surface area contributed by atoms with Crippen LogP contribution >= 0.6 is 47.1 Å². The van der Waals surface area contributed by atoms with Gasteiger partial charge in [-0.15, -0.1) is 35.3 Å². The molecule has 2 aromatic rings. The van der Waals surface area contributed by atoms with E-state index in [0.29, 0.717) is 35.4 Å². The Hall–Kier alpha value is -1.08. The largest absolute Gasteiger partial charge is 0.434 e. The molecule has 4 nitrogen and oxygen atoms in total. The molecule has 0 saturated carbocycles.